The highest BCUT2D eigenvalue weighted by molar-refractivity contribution is 7.85. The van der Waals surface area contributed by atoms with Gasteiger partial charge < -0.3 is 10.3 Å². The lowest BCUT2D eigenvalue weighted by molar-refractivity contribution is -0.278. The molecule has 0 aromatic heterocycles. The van der Waals surface area contributed by atoms with Gasteiger partial charge in [-0.2, -0.15) is 8.42 Å². The van der Waals surface area contributed by atoms with Gasteiger partial charge in [-0.05, 0) is 19.1 Å². The van der Waals surface area contributed by atoms with Crippen molar-refractivity contribution in [3.05, 3.63) is 35.5 Å². The minimum atomic E-state index is -4.07. The molecule has 0 fully saturated rings. The lowest BCUT2D eigenvalue weighted by Gasteiger charge is -2.04. The largest absolute Gasteiger partial charge is 0.608 e. The standard InChI is InChI=1S/C9H11NO4S/c1-8(11)7-10(12)15(13,14)9-5-3-2-4-6-9/h2-8,11H,1H3. The molecule has 0 spiro atoms. The van der Waals surface area contributed by atoms with Crippen LogP contribution >= 0.6 is 0 Å². The maximum Gasteiger partial charge on any atom is 0.405 e. The second-order valence-electron chi connectivity index (χ2n) is 2.96. The van der Waals surface area contributed by atoms with E-state index in [1.54, 1.807) is 6.07 Å². The molecule has 6 heteroatoms. The number of hydrogen-bond donors (Lipinski definition) is 1. The van der Waals surface area contributed by atoms with Gasteiger partial charge in [0.15, 0.2) is 6.21 Å². The fourth-order valence-corrected chi connectivity index (χ4v) is 2.00. The van der Waals surface area contributed by atoms with Crippen LogP contribution in [0, 0.1) is 5.21 Å². The van der Waals surface area contributed by atoms with Crippen molar-refractivity contribution in [1.82, 2.24) is 0 Å². The second-order valence-corrected chi connectivity index (χ2v) is 4.74. The summed E-state index contributed by atoms with van der Waals surface area (Å²) in [6, 6.07) is 7.31. The maximum absolute atomic E-state index is 11.5. The van der Waals surface area contributed by atoms with Gasteiger partial charge in [-0.15, -0.1) is 0 Å². The van der Waals surface area contributed by atoms with E-state index >= 15 is 0 Å². The van der Waals surface area contributed by atoms with Crippen molar-refractivity contribution in [1.29, 1.82) is 0 Å². The predicted octanol–water partition coefficient (Wildman–Crippen LogP) is 0.337. The van der Waals surface area contributed by atoms with Crippen LogP contribution in [0.2, 0.25) is 0 Å². The molecule has 1 aromatic carbocycles. The van der Waals surface area contributed by atoms with Crippen LogP contribution < -0.4 is 0 Å². The molecular weight excluding hydrogens is 218 g/mol. The molecule has 82 valence electrons. The Labute approximate surface area is 87.9 Å². The lowest BCUT2D eigenvalue weighted by Crippen LogP contribution is -2.21. The number of aliphatic hydroxyl groups is 1. The van der Waals surface area contributed by atoms with Crippen molar-refractivity contribution in [2.45, 2.75) is 17.9 Å². The predicted molar refractivity (Wildman–Crippen MR) is 55.0 cm³/mol. The Balaban J connectivity index is 3.16. The van der Waals surface area contributed by atoms with E-state index in [-0.39, 0.29) is 9.04 Å². The van der Waals surface area contributed by atoms with Crippen LogP contribution in [0.3, 0.4) is 0 Å². The zero-order valence-electron chi connectivity index (χ0n) is 8.07. The molecule has 0 aliphatic carbocycles. The van der Waals surface area contributed by atoms with Crippen molar-refractivity contribution in [2.24, 2.45) is 0 Å². The summed E-state index contributed by atoms with van der Waals surface area (Å²) in [5.41, 5.74) is 0. The third-order valence-corrected chi connectivity index (χ3v) is 3.08. The maximum atomic E-state index is 11.5. The summed E-state index contributed by atoms with van der Waals surface area (Å²) in [5.74, 6) is 0. The summed E-state index contributed by atoms with van der Waals surface area (Å²) in [6.45, 7) is 1.30. The van der Waals surface area contributed by atoms with Gasteiger partial charge in [-0.1, -0.05) is 22.3 Å². The van der Waals surface area contributed by atoms with Crippen molar-refractivity contribution < 1.29 is 17.7 Å². The molecule has 1 atom stereocenters. The summed E-state index contributed by atoms with van der Waals surface area (Å²) < 4.78 is 22.8. The highest BCUT2D eigenvalue weighted by atomic mass is 32.2. The van der Waals surface area contributed by atoms with Crippen LogP contribution in [0.25, 0.3) is 0 Å². The SMILES string of the molecule is CC(O)C=[N+]([O-])S(=O)(=O)c1ccccc1. The Morgan fingerprint density at radius 3 is 2.40 bits per heavy atom. The monoisotopic (exact) mass is 229 g/mol. The first-order valence-corrected chi connectivity index (χ1v) is 5.68. The van der Waals surface area contributed by atoms with Gasteiger partial charge >= 0.3 is 10.0 Å². The van der Waals surface area contributed by atoms with Crippen LogP contribution in [0.1, 0.15) is 6.92 Å². The summed E-state index contributed by atoms with van der Waals surface area (Å²) in [5, 5.41) is 20.1. The first-order valence-electron chi connectivity index (χ1n) is 4.24. The Morgan fingerprint density at radius 1 is 1.40 bits per heavy atom. The number of rotatable bonds is 3. The van der Waals surface area contributed by atoms with Crippen LogP contribution in [-0.2, 0) is 10.0 Å². The molecule has 0 aliphatic rings. The fourth-order valence-electron chi connectivity index (χ4n) is 0.953. The van der Waals surface area contributed by atoms with Gasteiger partial charge in [0.05, 0.1) is 0 Å². The van der Waals surface area contributed by atoms with Crippen molar-refractivity contribution in [3.63, 3.8) is 0 Å². The molecule has 0 saturated carbocycles. The Kier molecular flexibility index (Phi) is 3.43. The Bertz CT molecular complexity index is 450. The molecule has 0 bridgehead atoms. The van der Waals surface area contributed by atoms with Gasteiger partial charge in [0.25, 0.3) is 0 Å². The zero-order chi connectivity index (χ0) is 11.5. The van der Waals surface area contributed by atoms with E-state index in [9.17, 15) is 13.6 Å². The number of sulfonamides is 1. The van der Waals surface area contributed by atoms with Crippen LogP contribution in [0.4, 0.5) is 0 Å². The van der Waals surface area contributed by atoms with Crippen LogP contribution in [0.5, 0.6) is 0 Å². The molecule has 0 aliphatic heterocycles. The Morgan fingerprint density at radius 2 is 1.93 bits per heavy atom. The molecule has 1 N–H and O–H groups in total. The van der Waals surface area contributed by atoms with E-state index in [0.717, 1.165) is 0 Å². The Hall–Kier alpha value is -1.40. The first-order chi connectivity index (χ1) is 6.94. The third kappa shape index (κ3) is 2.77. The first kappa shape index (κ1) is 11.7. The minimum absolute atomic E-state index is 0.100. The van der Waals surface area contributed by atoms with Crippen LogP contribution in [0.15, 0.2) is 35.2 Å². The van der Waals surface area contributed by atoms with E-state index < -0.39 is 16.1 Å². The van der Waals surface area contributed by atoms with Gasteiger partial charge in [-0.25, -0.2) is 0 Å². The van der Waals surface area contributed by atoms with Gasteiger partial charge in [0.2, 0.25) is 0 Å². The molecule has 15 heavy (non-hydrogen) atoms. The smallest absolute Gasteiger partial charge is 0.405 e. The quantitative estimate of drug-likeness (QED) is 0.351. The average molecular weight is 229 g/mol. The van der Waals surface area contributed by atoms with E-state index in [1.165, 1.54) is 31.2 Å². The van der Waals surface area contributed by atoms with Crippen molar-refractivity contribution in [3.8, 4) is 0 Å². The zero-order valence-corrected chi connectivity index (χ0v) is 8.89. The molecule has 5 nitrogen and oxygen atoms in total. The molecule has 0 radical (unpaired) electrons. The highest BCUT2D eigenvalue weighted by Gasteiger charge is 2.22. The number of hydrogen-bond acceptors (Lipinski definition) is 4. The van der Waals surface area contributed by atoms with E-state index in [4.69, 9.17) is 5.11 Å². The number of benzene rings is 1. The highest BCUT2D eigenvalue weighted by Crippen LogP contribution is 2.09. The van der Waals surface area contributed by atoms with Gasteiger partial charge in [0, 0.05) is 0 Å². The summed E-state index contributed by atoms with van der Waals surface area (Å²) >= 11 is 0. The van der Waals surface area contributed by atoms with Crippen LogP contribution in [-0.4, -0.2) is 30.0 Å². The lowest BCUT2D eigenvalue weighted by atomic mass is 10.4. The minimum Gasteiger partial charge on any atom is -0.608 e. The summed E-state index contributed by atoms with van der Waals surface area (Å²) in [7, 11) is -4.07. The molecule has 1 rings (SSSR count). The third-order valence-electron chi connectivity index (χ3n) is 1.62. The van der Waals surface area contributed by atoms with Gasteiger partial charge in [0.1, 0.15) is 11.0 Å². The second kappa shape index (κ2) is 4.41. The number of aliphatic hydroxyl groups excluding tert-OH is 1. The topological polar surface area (TPSA) is 80.4 Å². The summed E-state index contributed by atoms with van der Waals surface area (Å²) in [4.78, 5) is -0.100. The molecule has 0 heterocycles. The van der Waals surface area contributed by atoms with E-state index in [2.05, 4.69) is 0 Å². The molecular formula is C9H11NO4S. The normalized spacial score (nSPS) is 14.9. The average Bonchev–Trinajstić information content (AvgIpc) is 2.18. The number of nitrogens with zero attached hydrogens (tertiary/aromatic N) is 1. The fraction of sp³-hybridized carbons (Fsp3) is 0.222. The molecule has 0 saturated heterocycles. The molecule has 1 aromatic rings. The van der Waals surface area contributed by atoms with Crippen molar-refractivity contribution >= 4 is 16.2 Å². The molecule has 0 amide bonds. The van der Waals surface area contributed by atoms with E-state index in [0.29, 0.717) is 6.21 Å². The molecule has 1 unspecified atom stereocenters. The van der Waals surface area contributed by atoms with E-state index in [1.807, 2.05) is 0 Å². The van der Waals surface area contributed by atoms with Crippen molar-refractivity contribution in [2.75, 3.05) is 0 Å². The van der Waals surface area contributed by atoms with Gasteiger partial charge in [-0.3, -0.25) is 0 Å². The summed E-state index contributed by atoms with van der Waals surface area (Å²) in [6.07, 6.45) is -0.427.